The van der Waals surface area contributed by atoms with Crippen LogP contribution < -0.4 is 5.32 Å². The van der Waals surface area contributed by atoms with Crippen molar-refractivity contribution >= 4 is 18.5 Å². The summed E-state index contributed by atoms with van der Waals surface area (Å²) in [7, 11) is 0. The van der Waals surface area contributed by atoms with E-state index in [1.54, 1.807) is 0 Å². The van der Waals surface area contributed by atoms with Crippen LogP contribution in [0.5, 0.6) is 0 Å². The Hall–Kier alpha value is -1.00. The molecule has 0 bridgehead atoms. The zero-order valence-corrected chi connectivity index (χ0v) is 11.2. The molecule has 1 heterocycles. The molecule has 3 nitrogen and oxygen atoms in total. The van der Waals surface area contributed by atoms with Crippen LogP contribution in [0.2, 0.25) is 0 Å². The third-order valence-corrected chi connectivity index (χ3v) is 3.58. The largest absolute Gasteiger partial charge is 0.381 e. The molecule has 1 fully saturated rings. The number of rotatable bonds is 5. The number of hydrogen-bond acceptors (Lipinski definition) is 3. The molecule has 2 unspecified atom stereocenters. The molecule has 2 rings (SSSR count). The highest BCUT2D eigenvalue weighted by molar-refractivity contribution is 7.81. The van der Waals surface area contributed by atoms with Crippen LogP contribution in [0.15, 0.2) is 30.3 Å². The third-order valence-electron chi connectivity index (χ3n) is 3.16. The van der Waals surface area contributed by atoms with Crippen LogP contribution in [0.1, 0.15) is 12.0 Å². The molecule has 0 spiro atoms. The first-order valence-electron chi connectivity index (χ1n) is 6.33. The summed E-state index contributed by atoms with van der Waals surface area (Å²) < 4.78 is 5.28. The average Bonchev–Trinajstić information content (AvgIpc) is 2.90. The Morgan fingerprint density at radius 1 is 1.44 bits per heavy atom. The van der Waals surface area contributed by atoms with Gasteiger partial charge in [-0.05, 0) is 18.4 Å². The molecule has 1 aromatic rings. The summed E-state index contributed by atoms with van der Waals surface area (Å²) in [6, 6.07) is 9.95. The molecule has 0 aliphatic carbocycles. The Morgan fingerprint density at radius 3 is 2.89 bits per heavy atom. The number of ether oxygens (including phenoxy) is 1. The molecule has 0 aromatic heterocycles. The lowest BCUT2D eigenvalue weighted by molar-refractivity contribution is -0.120. The van der Waals surface area contributed by atoms with Crippen molar-refractivity contribution < 1.29 is 9.53 Å². The molecule has 1 N–H and O–H groups in total. The summed E-state index contributed by atoms with van der Waals surface area (Å²) in [5.41, 5.74) is 1.14. The minimum atomic E-state index is -0.283. The van der Waals surface area contributed by atoms with Gasteiger partial charge in [-0.1, -0.05) is 30.3 Å². The first-order chi connectivity index (χ1) is 8.75. The van der Waals surface area contributed by atoms with E-state index in [4.69, 9.17) is 4.74 Å². The third kappa shape index (κ3) is 4.03. The second kappa shape index (κ2) is 6.81. The predicted molar refractivity (Wildman–Crippen MR) is 74.9 cm³/mol. The van der Waals surface area contributed by atoms with Crippen LogP contribution in [-0.2, 0) is 16.0 Å². The molecule has 1 aliphatic heterocycles. The lowest BCUT2D eigenvalue weighted by Crippen LogP contribution is -2.36. The van der Waals surface area contributed by atoms with Crippen molar-refractivity contribution in [3.63, 3.8) is 0 Å². The number of nitrogens with one attached hydrogen (secondary N) is 1. The Bertz CT molecular complexity index is 377. The molecule has 1 saturated heterocycles. The summed E-state index contributed by atoms with van der Waals surface area (Å²) in [5.74, 6) is 0.472. The van der Waals surface area contributed by atoms with Crippen molar-refractivity contribution in [2.45, 2.75) is 18.1 Å². The van der Waals surface area contributed by atoms with Crippen LogP contribution in [-0.4, -0.2) is 30.9 Å². The fraction of sp³-hybridized carbons (Fsp3) is 0.500. The van der Waals surface area contributed by atoms with Crippen LogP contribution in [0.3, 0.4) is 0 Å². The Balaban J connectivity index is 1.74. The van der Waals surface area contributed by atoms with E-state index in [0.29, 0.717) is 18.9 Å². The minimum Gasteiger partial charge on any atom is -0.381 e. The first kappa shape index (κ1) is 13.4. The van der Waals surface area contributed by atoms with Gasteiger partial charge in [-0.25, -0.2) is 0 Å². The van der Waals surface area contributed by atoms with Gasteiger partial charge >= 0.3 is 0 Å². The summed E-state index contributed by atoms with van der Waals surface area (Å²) in [4.78, 5) is 11.9. The maximum atomic E-state index is 11.9. The maximum Gasteiger partial charge on any atom is 0.233 e. The van der Waals surface area contributed by atoms with E-state index >= 15 is 0 Å². The fourth-order valence-electron chi connectivity index (χ4n) is 2.04. The average molecular weight is 265 g/mol. The zero-order chi connectivity index (χ0) is 12.8. The van der Waals surface area contributed by atoms with Gasteiger partial charge in [-0.15, -0.1) is 0 Å². The number of carbonyl (C=O) groups is 1. The van der Waals surface area contributed by atoms with E-state index in [0.717, 1.165) is 25.2 Å². The Labute approximate surface area is 113 Å². The van der Waals surface area contributed by atoms with Crippen LogP contribution >= 0.6 is 12.6 Å². The maximum absolute atomic E-state index is 11.9. The molecular weight excluding hydrogens is 246 g/mol. The number of thiol groups is 1. The van der Waals surface area contributed by atoms with Crippen molar-refractivity contribution in [3.8, 4) is 0 Å². The number of benzene rings is 1. The minimum absolute atomic E-state index is 0.00841. The Kier molecular flexibility index (Phi) is 5.08. The fourth-order valence-corrected chi connectivity index (χ4v) is 2.34. The van der Waals surface area contributed by atoms with Crippen molar-refractivity contribution in [2.24, 2.45) is 5.92 Å². The van der Waals surface area contributed by atoms with E-state index in [1.807, 2.05) is 30.3 Å². The van der Waals surface area contributed by atoms with Gasteiger partial charge in [0, 0.05) is 19.1 Å². The highest BCUT2D eigenvalue weighted by atomic mass is 32.1. The number of amides is 1. The molecule has 0 saturated carbocycles. The number of carbonyl (C=O) groups excluding carboxylic acids is 1. The molecule has 4 heteroatoms. The van der Waals surface area contributed by atoms with Gasteiger partial charge in [0.1, 0.15) is 0 Å². The van der Waals surface area contributed by atoms with Crippen LogP contribution in [0, 0.1) is 5.92 Å². The highest BCUT2D eigenvalue weighted by Gasteiger charge is 2.19. The van der Waals surface area contributed by atoms with E-state index < -0.39 is 0 Å². The molecule has 18 heavy (non-hydrogen) atoms. The van der Waals surface area contributed by atoms with Gasteiger partial charge in [-0.2, -0.15) is 12.6 Å². The molecule has 0 radical (unpaired) electrons. The van der Waals surface area contributed by atoms with Gasteiger partial charge in [-0.3, -0.25) is 4.79 Å². The van der Waals surface area contributed by atoms with Crippen LogP contribution in [0.25, 0.3) is 0 Å². The van der Waals surface area contributed by atoms with Crippen molar-refractivity contribution in [1.29, 1.82) is 0 Å². The van der Waals surface area contributed by atoms with Gasteiger partial charge in [0.15, 0.2) is 0 Å². The van der Waals surface area contributed by atoms with E-state index in [-0.39, 0.29) is 11.2 Å². The zero-order valence-electron chi connectivity index (χ0n) is 10.3. The van der Waals surface area contributed by atoms with Gasteiger partial charge < -0.3 is 10.1 Å². The highest BCUT2D eigenvalue weighted by Crippen LogP contribution is 2.12. The molecule has 1 aromatic carbocycles. The lowest BCUT2D eigenvalue weighted by atomic mass is 10.1. The second-order valence-corrected chi connectivity index (χ2v) is 5.30. The normalized spacial score (nSPS) is 20.6. The first-order valence-corrected chi connectivity index (χ1v) is 6.85. The monoisotopic (exact) mass is 265 g/mol. The van der Waals surface area contributed by atoms with Gasteiger partial charge in [0.25, 0.3) is 0 Å². The molecule has 1 amide bonds. The van der Waals surface area contributed by atoms with Gasteiger partial charge in [0.05, 0.1) is 11.9 Å². The molecule has 98 valence electrons. The van der Waals surface area contributed by atoms with E-state index in [2.05, 4.69) is 17.9 Å². The van der Waals surface area contributed by atoms with Crippen LogP contribution in [0.4, 0.5) is 0 Å². The summed E-state index contributed by atoms with van der Waals surface area (Å²) in [5, 5.41) is 2.67. The van der Waals surface area contributed by atoms with Crippen molar-refractivity contribution in [1.82, 2.24) is 5.32 Å². The smallest absolute Gasteiger partial charge is 0.233 e. The topological polar surface area (TPSA) is 38.3 Å². The molecular formula is C14H19NO2S. The summed E-state index contributed by atoms with van der Waals surface area (Å²) >= 11 is 4.37. The quantitative estimate of drug-likeness (QED) is 0.795. The summed E-state index contributed by atoms with van der Waals surface area (Å²) in [6.45, 7) is 2.27. The van der Waals surface area contributed by atoms with Crippen molar-refractivity contribution in [3.05, 3.63) is 35.9 Å². The molecule has 1 aliphatic rings. The lowest BCUT2D eigenvalue weighted by Gasteiger charge is -2.13. The molecule has 2 atom stereocenters. The number of hydrogen-bond donors (Lipinski definition) is 2. The standard InChI is InChI=1S/C14H19NO2S/c16-14(15-9-12-6-7-17-10-12)13(18)8-11-4-2-1-3-5-11/h1-5,12-13,18H,6-10H2,(H,15,16). The second-order valence-electron chi connectivity index (χ2n) is 4.68. The van der Waals surface area contributed by atoms with E-state index in [1.165, 1.54) is 0 Å². The van der Waals surface area contributed by atoms with Crippen molar-refractivity contribution in [2.75, 3.05) is 19.8 Å². The van der Waals surface area contributed by atoms with Gasteiger partial charge in [0.2, 0.25) is 5.91 Å². The van der Waals surface area contributed by atoms with E-state index in [9.17, 15) is 4.79 Å². The Morgan fingerprint density at radius 2 is 2.22 bits per heavy atom. The predicted octanol–water partition coefficient (Wildman–Crippen LogP) is 1.68. The SMILES string of the molecule is O=C(NCC1CCOC1)C(S)Cc1ccccc1. The summed E-state index contributed by atoms with van der Waals surface area (Å²) in [6.07, 6.45) is 1.70.